The lowest BCUT2D eigenvalue weighted by Gasteiger charge is -2.30. The molecule has 1 rings (SSSR count). The van der Waals surface area contributed by atoms with Crippen LogP contribution < -0.4 is 10.5 Å². The van der Waals surface area contributed by atoms with Gasteiger partial charge < -0.3 is 10.5 Å². The minimum atomic E-state index is 0.512. The Bertz CT molecular complexity index is 404. The summed E-state index contributed by atoms with van der Waals surface area (Å²) in [6.45, 7) is 15.2. The Kier molecular flexibility index (Phi) is 6.33. The van der Waals surface area contributed by atoms with Crippen LogP contribution in [0.1, 0.15) is 46.7 Å². The highest BCUT2D eigenvalue weighted by molar-refractivity contribution is 5.52. The van der Waals surface area contributed by atoms with Crippen molar-refractivity contribution in [3.05, 3.63) is 5.69 Å². The first-order chi connectivity index (χ1) is 9.38. The summed E-state index contributed by atoms with van der Waals surface area (Å²) < 4.78 is 7.78. The number of nitrogen functional groups attached to an aromatic ring is 1. The molecule has 0 fully saturated rings. The van der Waals surface area contributed by atoms with Crippen molar-refractivity contribution in [2.75, 3.05) is 18.9 Å². The fourth-order valence-electron chi connectivity index (χ4n) is 2.45. The number of hydrogen-bond acceptors (Lipinski definition) is 4. The van der Waals surface area contributed by atoms with Gasteiger partial charge in [-0.25, -0.2) is 4.68 Å². The van der Waals surface area contributed by atoms with E-state index in [9.17, 15) is 0 Å². The Morgan fingerprint density at radius 3 is 2.35 bits per heavy atom. The molecule has 1 aromatic heterocycles. The zero-order valence-electron chi connectivity index (χ0n) is 13.8. The van der Waals surface area contributed by atoms with Crippen LogP contribution in [0.2, 0.25) is 0 Å². The molecule has 0 spiro atoms. The molecular weight excluding hydrogens is 252 g/mol. The first kappa shape index (κ1) is 16.8. The molecule has 5 heteroatoms. The van der Waals surface area contributed by atoms with Crippen molar-refractivity contribution >= 4 is 5.69 Å². The fourth-order valence-corrected chi connectivity index (χ4v) is 2.45. The lowest BCUT2D eigenvalue weighted by atomic mass is 10.2. The van der Waals surface area contributed by atoms with Gasteiger partial charge >= 0.3 is 0 Å². The van der Waals surface area contributed by atoms with E-state index >= 15 is 0 Å². The normalized spacial score (nSPS) is 11.8. The van der Waals surface area contributed by atoms with E-state index in [-0.39, 0.29) is 0 Å². The lowest BCUT2D eigenvalue weighted by molar-refractivity contribution is 0.138. The fraction of sp³-hybridized carbons (Fsp3) is 0.800. The molecule has 0 saturated carbocycles. The van der Waals surface area contributed by atoms with Crippen molar-refractivity contribution in [2.24, 2.45) is 0 Å². The highest BCUT2D eigenvalue weighted by Gasteiger charge is 2.16. The highest BCUT2D eigenvalue weighted by atomic mass is 16.5. The van der Waals surface area contributed by atoms with Crippen LogP contribution in [0.5, 0.6) is 5.88 Å². The second kappa shape index (κ2) is 7.53. The van der Waals surface area contributed by atoms with E-state index in [1.807, 2.05) is 11.6 Å². The van der Waals surface area contributed by atoms with Crippen molar-refractivity contribution < 1.29 is 4.74 Å². The number of rotatable bonds is 8. The maximum Gasteiger partial charge on any atom is 0.236 e. The molecule has 0 aliphatic rings. The molecule has 116 valence electrons. The maximum atomic E-state index is 6.05. The molecule has 0 aromatic carbocycles. The topological polar surface area (TPSA) is 56.3 Å². The summed E-state index contributed by atoms with van der Waals surface area (Å²) in [5, 5.41) is 4.42. The van der Waals surface area contributed by atoms with Crippen LogP contribution in [0.3, 0.4) is 0 Å². The summed E-state index contributed by atoms with van der Waals surface area (Å²) in [6.07, 6.45) is 1.01. The number of nitrogens with two attached hydrogens (primary N) is 1. The van der Waals surface area contributed by atoms with Gasteiger partial charge in [0.2, 0.25) is 5.88 Å². The Morgan fingerprint density at radius 1 is 1.25 bits per heavy atom. The van der Waals surface area contributed by atoms with Crippen LogP contribution in [0.25, 0.3) is 0 Å². The van der Waals surface area contributed by atoms with Gasteiger partial charge in [0.05, 0.1) is 5.69 Å². The predicted octanol–water partition coefficient (Wildman–Crippen LogP) is 2.68. The number of nitrogens with zero attached hydrogens (tertiary/aromatic N) is 3. The molecule has 0 saturated heterocycles. The zero-order valence-corrected chi connectivity index (χ0v) is 13.8. The molecule has 1 heterocycles. The van der Waals surface area contributed by atoms with E-state index < -0.39 is 0 Å². The van der Waals surface area contributed by atoms with Gasteiger partial charge in [0.1, 0.15) is 12.3 Å². The Labute approximate surface area is 123 Å². The Hall–Kier alpha value is -1.23. The summed E-state index contributed by atoms with van der Waals surface area (Å²) in [7, 11) is 0. The first-order valence-corrected chi connectivity index (χ1v) is 7.59. The van der Waals surface area contributed by atoms with Crippen LogP contribution in [0.4, 0.5) is 5.69 Å². The lowest BCUT2D eigenvalue weighted by Crippen LogP contribution is -2.39. The molecule has 5 nitrogen and oxygen atoms in total. The standard InChI is InChI=1S/C15H30N4O/c1-7-8-19-15(14(16)13(6)17-19)20-10-9-18(11(2)3)12(4)5/h11-12H,7-10,16H2,1-6H3. The van der Waals surface area contributed by atoms with Gasteiger partial charge in [-0.05, 0) is 41.0 Å². The van der Waals surface area contributed by atoms with Crippen molar-refractivity contribution in [1.82, 2.24) is 14.7 Å². The molecule has 0 amide bonds. The molecule has 2 N–H and O–H groups in total. The number of aryl methyl sites for hydroxylation is 2. The van der Waals surface area contributed by atoms with Crippen molar-refractivity contribution in [3.63, 3.8) is 0 Å². The monoisotopic (exact) mass is 282 g/mol. The molecule has 20 heavy (non-hydrogen) atoms. The maximum absolute atomic E-state index is 6.05. The van der Waals surface area contributed by atoms with E-state index in [2.05, 4.69) is 44.6 Å². The largest absolute Gasteiger partial charge is 0.475 e. The third-order valence-electron chi connectivity index (χ3n) is 3.48. The van der Waals surface area contributed by atoms with Gasteiger partial charge in [-0.15, -0.1) is 0 Å². The van der Waals surface area contributed by atoms with E-state index in [0.717, 1.165) is 31.1 Å². The molecule has 0 unspecified atom stereocenters. The quantitative estimate of drug-likeness (QED) is 0.796. The van der Waals surface area contributed by atoms with Crippen LogP contribution in [-0.4, -0.2) is 39.9 Å². The SMILES string of the molecule is CCCn1nc(C)c(N)c1OCCN(C(C)C)C(C)C. The van der Waals surface area contributed by atoms with Gasteiger partial charge in [-0.1, -0.05) is 6.92 Å². The summed E-state index contributed by atoms with van der Waals surface area (Å²) in [4.78, 5) is 2.41. The van der Waals surface area contributed by atoms with E-state index in [0.29, 0.717) is 24.4 Å². The van der Waals surface area contributed by atoms with Crippen molar-refractivity contribution in [1.29, 1.82) is 0 Å². The smallest absolute Gasteiger partial charge is 0.236 e. The third kappa shape index (κ3) is 4.13. The van der Waals surface area contributed by atoms with E-state index in [1.165, 1.54) is 0 Å². The van der Waals surface area contributed by atoms with Crippen molar-refractivity contribution in [3.8, 4) is 5.88 Å². The minimum Gasteiger partial charge on any atom is -0.475 e. The highest BCUT2D eigenvalue weighted by Crippen LogP contribution is 2.25. The molecule has 0 radical (unpaired) electrons. The summed E-state index contributed by atoms with van der Waals surface area (Å²) in [5.41, 5.74) is 7.56. The van der Waals surface area contributed by atoms with Gasteiger partial charge in [0.15, 0.2) is 0 Å². The average Bonchev–Trinajstić information content (AvgIpc) is 2.61. The Balaban J connectivity index is 2.65. The third-order valence-corrected chi connectivity index (χ3v) is 3.48. The van der Waals surface area contributed by atoms with Crippen LogP contribution in [0.15, 0.2) is 0 Å². The Morgan fingerprint density at radius 2 is 1.85 bits per heavy atom. The minimum absolute atomic E-state index is 0.512. The van der Waals surface area contributed by atoms with Gasteiger partial charge in [-0.3, -0.25) is 4.90 Å². The van der Waals surface area contributed by atoms with Crippen molar-refractivity contribution in [2.45, 2.75) is 66.6 Å². The molecule has 1 aromatic rings. The van der Waals surface area contributed by atoms with E-state index in [1.54, 1.807) is 0 Å². The molecular formula is C15H30N4O. The van der Waals surface area contributed by atoms with Gasteiger partial charge in [-0.2, -0.15) is 5.10 Å². The molecule has 0 aliphatic carbocycles. The number of anilines is 1. The molecule has 0 aliphatic heterocycles. The van der Waals surface area contributed by atoms with Crippen LogP contribution >= 0.6 is 0 Å². The summed E-state index contributed by atoms with van der Waals surface area (Å²) in [5.74, 6) is 0.719. The van der Waals surface area contributed by atoms with Crippen LogP contribution in [0, 0.1) is 6.92 Å². The number of hydrogen-bond donors (Lipinski definition) is 1. The second-order valence-corrected chi connectivity index (χ2v) is 5.80. The molecule has 0 bridgehead atoms. The van der Waals surface area contributed by atoms with Gasteiger partial charge in [0, 0.05) is 25.2 Å². The predicted molar refractivity (Wildman–Crippen MR) is 84.1 cm³/mol. The second-order valence-electron chi connectivity index (χ2n) is 5.80. The number of aromatic nitrogens is 2. The summed E-state index contributed by atoms with van der Waals surface area (Å²) in [6, 6.07) is 1.02. The van der Waals surface area contributed by atoms with E-state index in [4.69, 9.17) is 10.5 Å². The summed E-state index contributed by atoms with van der Waals surface area (Å²) >= 11 is 0. The first-order valence-electron chi connectivity index (χ1n) is 7.59. The van der Waals surface area contributed by atoms with Crippen LogP contribution in [-0.2, 0) is 6.54 Å². The molecule has 0 atom stereocenters. The number of ether oxygens (including phenoxy) is 1. The average molecular weight is 282 g/mol. The van der Waals surface area contributed by atoms with Gasteiger partial charge in [0.25, 0.3) is 0 Å². The zero-order chi connectivity index (χ0) is 15.3.